The van der Waals surface area contributed by atoms with Crippen LogP contribution in [-0.2, 0) is 6.18 Å². The molecule has 0 bridgehead atoms. The van der Waals surface area contributed by atoms with Crippen LogP contribution in [0.1, 0.15) is 41.7 Å². The number of nitrogens with zero attached hydrogens (tertiary/aromatic N) is 2. The van der Waals surface area contributed by atoms with Crippen molar-refractivity contribution < 1.29 is 13.2 Å². The van der Waals surface area contributed by atoms with E-state index in [1.54, 1.807) is 42.5 Å². The van der Waals surface area contributed by atoms with Crippen LogP contribution >= 0.6 is 0 Å². The Kier molecular flexibility index (Phi) is 14.4. The second-order valence-corrected chi connectivity index (χ2v) is 11.0. The van der Waals surface area contributed by atoms with Crippen molar-refractivity contribution in [1.82, 2.24) is 10.6 Å². The molecule has 0 heterocycles. The van der Waals surface area contributed by atoms with Gasteiger partial charge in [-0.2, -0.15) is 13.2 Å². The lowest BCUT2D eigenvalue weighted by Gasteiger charge is -2.14. The van der Waals surface area contributed by atoms with Gasteiger partial charge in [0.25, 0.3) is 0 Å². The number of alkyl halides is 3. The second-order valence-electron chi connectivity index (χ2n) is 11.0. The zero-order valence-corrected chi connectivity index (χ0v) is 28.2. The topological polar surface area (TPSA) is 205 Å². The maximum atomic E-state index is 14.4. The molecule has 3 rings (SSSR count). The third kappa shape index (κ3) is 13.5. The van der Waals surface area contributed by atoms with Gasteiger partial charge in [-0.25, -0.2) is 9.98 Å². The van der Waals surface area contributed by atoms with E-state index < -0.39 is 11.7 Å². The third-order valence-electron chi connectivity index (χ3n) is 6.67. The first-order valence-electron chi connectivity index (χ1n) is 15.4. The molecule has 0 fully saturated rings. The molecule has 0 aliphatic carbocycles. The number of nitrogens with two attached hydrogens (primary N) is 6. The van der Waals surface area contributed by atoms with Crippen molar-refractivity contribution in [2.75, 3.05) is 32.8 Å². The summed E-state index contributed by atoms with van der Waals surface area (Å²) in [6, 6.07) is 14.0. The molecule has 0 aliphatic heterocycles. The summed E-state index contributed by atoms with van der Waals surface area (Å²) in [4.78, 5) is 7.72. The van der Waals surface area contributed by atoms with Crippen molar-refractivity contribution in [1.29, 1.82) is 0 Å². The monoisotopic (exact) mass is 692 g/mol. The maximum absolute atomic E-state index is 14.4. The number of allylic oxidation sites excluding steroid dienone is 1. The largest absolute Gasteiger partial charge is 0.416 e. The molecule has 0 aromatic heterocycles. The van der Waals surface area contributed by atoms with Gasteiger partial charge in [0.2, 0.25) is 0 Å². The molecular formula is C38H39F3N10. The Morgan fingerprint density at radius 3 is 1.41 bits per heavy atom. The number of hydrogen-bond acceptors (Lipinski definition) is 6. The van der Waals surface area contributed by atoms with Gasteiger partial charge < -0.3 is 39.7 Å². The van der Waals surface area contributed by atoms with Gasteiger partial charge in [0.15, 0.2) is 11.9 Å². The van der Waals surface area contributed by atoms with Crippen molar-refractivity contribution in [2.24, 2.45) is 44.4 Å². The molecule has 51 heavy (non-hydrogen) atoms. The van der Waals surface area contributed by atoms with E-state index in [-0.39, 0.29) is 49.3 Å². The molecule has 0 atom stereocenters. The quantitative estimate of drug-likeness (QED) is 0.0577. The fourth-order valence-corrected chi connectivity index (χ4v) is 4.29. The average molecular weight is 693 g/mol. The maximum Gasteiger partial charge on any atom is 0.416 e. The summed E-state index contributed by atoms with van der Waals surface area (Å²) in [7, 11) is 0. The van der Waals surface area contributed by atoms with E-state index in [0.717, 1.165) is 17.7 Å². The normalized spacial score (nSPS) is 10.0. The molecule has 262 valence electrons. The minimum atomic E-state index is -4.66. The van der Waals surface area contributed by atoms with Gasteiger partial charge in [-0.3, -0.25) is 5.32 Å². The Morgan fingerprint density at radius 1 is 0.608 bits per heavy atom. The van der Waals surface area contributed by atoms with E-state index in [9.17, 15) is 13.2 Å². The Hall–Kier alpha value is -6.51. The van der Waals surface area contributed by atoms with E-state index in [4.69, 9.17) is 34.4 Å². The Morgan fingerprint density at radius 2 is 1.02 bits per heavy atom. The van der Waals surface area contributed by atoms with E-state index in [1.165, 1.54) is 0 Å². The summed E-state index contributed by atoms with van der Waals surface area (Å²) in [5.41, 5.74) is 36.6. The predicted octanol–water partition coefficient (Wildman–Crippen LogP) is 2.30. The lowest BCUT2D eigenvalue weighted by molar-refractivity contribution is -0.137. The fraction of sp³-hybridized carbons (Fsp3) is 0.211. The van der Waals surface area contributed by atoms with Crippen LogP contribution in [0.5, 0.6) is 0 Å². The summed E-state index contributed by atoms with van der Waals surface area (Å²) in [6.07, 6.45) is -4.66. The number of hydrogen-bond donors (Lipinski definition) is 8. The highest BCUT2D eigenvalue weighted by molar-refractivity contribution is 5.78. The predicted molar refractivity (Wildman–Crippen MR) is 199 cm³/mol. The number of guanidine groups is 2. The van der Waals surface area contributed by atoms with Crippen LogP contribution in [0.4, 0.5) is 13.2 Å². The summed E-state index contributed by atoms with van der Waals surface area (Å²) in [5.74, 6) is 23.9. The molecule has 0 unspecified atom stereocenters. The van der Waals surface area contributed by atoms with Gasteiger partial charge in [0.05, 0.1) is 24.5 Å². The number of halogens is 3. The van der Waals surface area contributed by atoms with Gasteiger partial charge in [-0.05, 0) is 96.3 Å². The summed E-state index contributed by atoms with van der Waals surface area (Å²) in [5, 5.41) is 5.91. The van der Waals surface area contributed by atoms with Crippen LogP contribution in [0.2, 0.25) is 0 Å². The van der Waals surface area contributed by atoms with Crippen molar-refractivity contribution in [2.45, 2.75) is 20.0 Å². The van der Waals surface area contributed by atoms with Crippen LogP contribution in [0.25, 0.3) is 22.3 Å². The van der Waals surface area contributed by atoms with E-state index >= 15 is 0 Å². The van der Waals surface area contributed by atoms with E-state index in [1.807, 2.05) is 13.8 Å². The smallest absolute Gasteiger partial charge is 0.386 e. The second kappa shape index (κ2) is 18.9. The zero-order valence-electron chi connectivity index (χ0n) is 28.2. The highest BCUT2D eigenvalue weighted by atomic mass is 19.4. The van der Waals surface area contributed by atoms with Gasteiger partial charge in [-0.15, -0.1) is 0 Å². The first kappa shape index (κ1) is 38.9. The molecule has 0 aliphatic rings. The highest BCUT2D eigenvalue weighted by Gasteiger charge is 2.31. The van der Waals surface area contributed by atoms with Gasteiger partial charge >= 0.3 is 6.18 Å². The number of rotatable bonds is 8. The lowest BCUT2D eigenvalue weighted by Crippen LogP contribution is -2.22. The molecule has 0 saturated carbocycles. The van der Waals surface area contributed by atoms with Crippen LogP contribution in [-0.4, -0.2) is 44.8 Å². The molecule has 0 radical (unpaired) electrons. The molecule has 0 spiro atoms. The van der Waals surface area contributed by atoms with Crippen molar-refractivity contribution in [3.05, 3.63) is 93.8 Å². The molecule has 3 aromatic carbocycles. The average Bonchev–Trinajstić information content (AvgIpc) is 3.08. The zero-order chi connectivity index (χ0) is 37.4. The van der Waals surface area contributed by atoms with Crippen LogP contribution in [0.3, 0.4) is 0 Å². The van der Waals surface area contributed by atoms with Gasteiger partial charge in [-0.1, -0.05) is 47.4 Å². The van der Waals surface area contributed by atoms with E-state index in [2.05, 4.69) is 68.0 Å². The van der Waals surface area contributed by atoms with Gasteiger partial charge in [0, 0.05) is 28.9 Å². The third-order valence-corrected chi connectivity index (χ3v) is 6.67. The lowest BCUT2D eigenvalue weighted by atomic mass is 9.92. The molecule has 0 saturated heterocycles. The standard InChI is InChI=1S/C38H39F3N10/c1-25(2)35(43)49-12-4-8-27-16-29(10-6-14-51-37(46)47)20-31(18-27)33-21-32(22-34(23-33)38(39,40)41)30-17-26(7-3-11-48-24-42)15-28(19-30)9-5-13-50-36(44)45/h15-23,48-49H,11-14,24,42-43H2,1-2H3,(H4,44,45,50)(H4,46,47,51). The SMILES string of the molecule is CC(C)=C(N)NCC#Cc1cc(C#CCN=C(N)N)cc(-c2cc(-c3cc(C#CCN=C(N)N)cc(C#CCNCN)c3)cc(C(F)(F)F)c2)c1. The minimum Gasteiger partial charge on any atom is -0.386 e. The van der Waals surface area contributed by atoms with Crippen LogP contribution < -0.4 is 45.0 Å². The first-order valence-corrected chi connectivity index (χ1v) is 15.4. The molecule has 10 nitrogen and oxygen atoms in total. The molecule has 13 heteroatoms. The molecular weight excluding hydrogens is 653 g/mol. The number of benzene rings is 3. The summed E-state index contributed by atoms with van der Waals surface area (Å²) >= 11 is 0. The Bertz CT molecular complexity index is 2070. The summed E-state index contributed by atoms with van der Waals surface area (Å²) in [6.45, 7) is 4.60. The van der Waals surface area contributed by atoms with Crippen molar-refractivity contribution in [3.8, 4) is 69.6 Å². The Labute approximate surface area is 296 Å². The minimum absolute atomic E-state index is 0.0336. The van der Waals surface area contributed by atoms with Crippen LogP contribution in [0.15, 0.2) is 76.0 Å². The first-order chi connectivity index (χ1) is 24.2. The van der Waals surface area contributed by atoms with Crippen molar-refractivity contribution >= 4 is 11.9 Å². The fourth-order valence-electron chi connectivity index (χ4n) is 4.29. The Balaban J connectivity index is 2.23. The molecule has 14 N–H and O–H groups in total. The number of nitrogens with one attached hydrogen (secondary N) is 2. The molecule has 3 aromatic rings. The van der Waals surface area contributed by atoms with Crippen LogP contribution in [0, 0.1) is 47.4 Å². The highest BCUT2D eigenvalue weighted by Crippen LogP contribution is 2.37. The van der Waals surface area contributed by atoms with E-state index in [0.29, 0.717) is 45.7 Å². The van der Waals surface area contributed by atoms with Gasteiger partial charge in [0.1, 0.15) is 13.1 Å². The number of aliphatic imine (C=N–C) groups is 2. The molecule has 0 amide bonds. The van der Waals surface area contributed by atoms with Crippen molar-refractivity contribution in [3.63, 3.8) is 0 Å². The summed E-state index contributed by atoms with van der Waals surface area (Å²) < 4.78 is 43.2.